The molecule has 0 N–H and O–H groups in total. The number of hydrogen-bond donors (Lipinski definition) is 0. The van der Waals surface area contributed by atoms with E-state index in [0.717, 1.165) is 50.3 Å². The van der Waals surface area contributed by atoms with Gasteiger partial charge in [-0.15, -0.1) is 0 Å². The van der Waals surface area contributed by atoms with Crippen molar-refractivity contribution in [2.45, 2.75) is 32.4 Å². The first-order chi connectivity index (χ1) is 11.5. The van der Waals surface area contributed by atoms with Crippen molar-refractivity contribution in [1.82, 2.24) is 14.7 Å². The Balaban J connectivity index is 1.31. The average Bonchev–Trinajstić information content (AvgIpc) is 3.03. The van der Waals surface area contributed by atoms with Crippen molar-refractivity contribution in [3.8, 4) is 0 Å². The van der Waals surface area contributed by atoms with E-state index < -0.39 is 0 Å². The van der Waals surface area contributed by atoms with Crippen LogP contribution in [0.4, 0.5) is 4.39 Å². The molecule has 1 atom stereocenters. The van der Waals surface area contributed by atoms with Crippen LogP contribution >= 0.6 is 0 Å². The van der Waals surface area contributed by atoms with Crippen LogP contribution in [0.3, 0.4) is 0 Å². The highest BCUT2D eigenvalue weighted by Gasteiger charge is 2.48. The Labute approximate surface area is 142 Å². The Kier molecular flexibility index (Phi) is 3.93. The third-order valence-electron chi connectivity index (χ3n) is 5.27. The highest BCUT2D eigenvalue weighted by Crippen LogP contribution is 2.42. The van der Waals surface area contributed by atoms with Crippen LogP contribution in [-0.2, 0) is 24.8 Å². The molecule has 2 aliphatic heterocycles. The van der Waals surface area contributed by atoms with Gasteiger partial charge >= 0.3 is 0 Å². The molecule has 2 fully saturated rings. The first-order valence-corrected chi connectivity index (χ1v) is 8.59. The summed E-state index contributed by atoms with van der Waals surface area (Å²) < 4.78 is 21.2. The van der Waals surface area contributed by atoms with E-state index in [0.29, 0.717) is 5.41 Å². The second-order valence-electron chi connectivity index (χ2n) is 7.53. The standard InChI is InChI=1S/C19H24FN3O/c1-14-16(9-22(2)21-14)10-23-11-19(12-23)8-18(24-13-19)7-15-4-3-5-17(20)6-15/h3-6,9,18H,7-8,10-13H2,1-2H3. The number of likely N-dealkylation sites (tertiary alicyclic amines) is 1. The van der Waals surface area contributed by atoms with Gasteiger partial charge in [0.25, 0.3) is 0 Å². The molecule has 1 aromatic heterocycles. The first-order valence-electron chi connectivity index (χ1n) is 8.59. The van der Waals surface area contributed by atoms with Crippen molar-refractivity contribution < 1.29 is 9.13 Å². The molecule has 1 aromatic carbocycles. The fraction of sp³-hybridized carbons (Fsp3) is 0.526. The number of halogens is 1. The predicted molar refractivity (Wildman–Crippen MR) is 90.1 cm³/mol. The van der Waals surface area contributed by atoms with Gasteiger partial charge in [-0.3, -0.25) is 9.58 Å². The zero-order chi connectivity index (χ0) is 16.7. The van der Waals surface area contributed by atoms with E-state index in [1.807, 2.05) is 17.8 Å². The lowest BCUT2D eigenvalue weighted by atomic mass is 9.77. The third-order valence-corrected chi connectivity index (χ3v) is 5.27. The van der Waals surface area contributed by atoms with Crippen LogP contribution < -0.4 is 0 Å². The van der Waals surface area contributed by atoms with E-state index in [1.165, 1.54) is 11.6 Å². The molecule has 0 radical (unpaired) electrons. The van der Waals surface area contributed by atoms with Gasteiger partial charge in [-0.25, -0.2) is 4.39 Å². The molecule has 4 rings (SSSR count). The van der Waals surface area contributed by atoms with Crippen LogP contribution in [0.25, 0.3) is 0 Å². The molecule has 3 heterocycles. The molecule has 0 aliphatic carbocycles. The summed E-state index contributed by atoms with van der Waals surface area (Å²) in [4.78, 5) is 2.47. The summed E-state index contributed by atoms with van der Waals surface area (Å²) in [5.41, 5.74) is 3.75. The van der Waals surface area contributed by atoms with Gasteiger partial charge in [-0.2, -0.15) is 5.10 Å². The predicted octanol–water partition coefficient (Wildman–Crippen LogP) is 2.70. The fourth-order valence-corrected chi connectivity index (χ4v) is 4.23. The Bertz CT molecular complexity index is 736. The van der Waals surface area contributed by atoms with E-state index in [1.54, 1.807) is 12.1 Å². The quantitative estimate of drug-likeness (QED) is 0.864. The minimum absolute atomic E-state index is 0.165. The Hall–Kier alpha value is -1.72. The summed E-state index contributed by atoms with van der Waals surface area (Å²) in [5, 5.41) is 4.41. The fourth-order valence-electron chi connectivity index (χ4n) is 4.23. The number of benzene rings is 1. The number of aromatic nitrogens is 2. The molecule has 1 spiro atoms. The molecule has 0 bridgehead atoms. The van der Waals surface area contributed by atoms with Gasteiger partial charge < -0.3 is 4.74 Å². The molecule has 0 saturated carbocycles. The normalized spacial score (nSPS) is 22.9. The Morgan fingerprint density at radius 2 is 2.21 bits per heavy atom. The summed E-state index contributed by atoms with van der Waals surface area (Å²) in [6.07, 6.45) is 4.21. The maximum absolute atomic E-state index is 13.3. The van der Waals surface area contributed by atoms with Crippen LogP contribution in [0.1, 0.15) is 23.2 Å². The topological polar surface area (TPSA) is 30.3 Å². The minimum Gasteiger partial charge on any atom is -0.377 e. The van der Waals surface area contributed by atoms with Crippen molar-refractivity contribution in [2.24, 2.45) is 12.5 Å². The molecular weight excluding hydrogens is 305 g/mol. The molecule has 24 heavy (non-hydrogen) atoms. The van der Waals surface area contributed by atoms with Gasteiger partial charge in [-0.05, 0) is 37.5 Å². The van der Waals surface area contributed by atoms with Gasteiger partial charge in [-0.1, -0.05) is 12.1 Å². The Morgan fingerprint density at radius 1 is 1.38 bits per heavy atom. The van der Waals surface area contributed by atoms with Crippen LogP contribution in [0.5, 0.6) is 0 Å². The highest BCUT2D eigenvalue weighted by molar-refractivity contribution is 5.19. The lowest BCUT2D eigenvalue weighted by molar-refractivity contribution is -0.0141. The van der Waals surface area contributed by atoms with Crippen molar-refractivity contribution in [3.05, 3.63) is 53.1 Å². The molecule has 128 valence electrons. The molecule has 2 saturated heterocycles. The van der Waals surface area contributed by atoms with Gasteiger partial charge in [0, 0.05) is 43.9 Å². The summed E-state index contributed by atoms with van der Waals surface area (Å²) in [6.45, 7) is 6.03. The summed E-state index contributed by atoms with van der Waals surface area (Å²) in [6, 6.07) is 6.86. The van der Waals surface area contributed by atoms with E-state index in [4.69, 9.17) is 4.74 Å². The SMILES string of the molecule is Cc1nn(C)cc1CN1CC2(COC(Cc3cccc(F)c3)C2)C1. The van der Waals surface area contributed by atoms with E-state index in [2.05, 4.69) is 23.1 Å². The largest absolute Gasteiger partial charge is 0.377 e. The van der Waals surface area contributed by atoms with Gasteiger partial charge in [0.05, 0.1) is 18.4 Å². The van der Waals surface area contributed by atoms with Gasteiger partial charge in [0.15, 0.2) is 0 Å². The number of rotatable bonds is 4. The highest BCUT2D eigenvalue weighted by atomic mass is 19.1. The number of aryl methyl sites for hydroxylation is 2. The minimum atomic E-state index is -0.165. The maximum Gasteiger partial charge on any atom is 0.123 e. The second-order valence-corrected chi connectivity index (χ2v) is 7.53. The van der Waals surface area contributed by atoms with E-state index in [9.17, 15) is 4.39 Å². The first kappa shape index (κ1) is 15.8. The smallest absolute Gasteiger partial charge is 0.123 e. The molecule has 4 nitrogen and oxygen atoms in total. The van der Waals surface area contributed by atoms with Crippen LogP contribution in [0.2, 0.25) is 0 Å². The zero-order valence-corrected chi connectivity index (χ0v) is 14.3. The van der Waals surface area contributed by atoms with Crippen LogP contribution in [-0.4, -0.2) is 40.5 Å². The summed E-state index contributed by atoms with van der Waals surface area (Å²) in [5.74, 6) is -0.165. The van der Waals surface area contributed by atoms with Gasteiger partial charge in [0.1, 0.15) is 5.82 Å². The maximum atomic E-state index is 13.3. The monoisotopic (exact) mass is 329 g/mol. The van der Waals surface area contributed by atoms with E-state index >= 15 is 0 Å². The van der Waals surface area contributed by atoms with Crippen molar-refractivity contribution in [1.29, 1.82) is 0 Å². The second kappa shape index (κ2) is 5.97. The number of ether oxygens (including phenoxy) is 1. The molecule has 0 amide bonds. The zero-order valence-electron chi connectivity index (χ0n) is 14.3. The molecule has 1 unspecified atom stereocenters. The van der Waals surface area contributed by atoms with Crippen molar-refractivity contribution >= 4 is 0 Å². The molecular formula is C19H24FN3O. The van der Waals surface area contributed by atoms with Crippen molar-refractivity contribution in [3.63, 3.8) is 0 Å². The summed E-state index contributed by atoms with van der Waals surface area (Å²) in [7, 11) is 1.97. The number of nitrogens with zero attached hydrogens (tertiary/aromatic N) is 3. The molecule has 2 aromatic rings. The van der Waals surface area contributed by atoms with Gasteiger partial charge in [0.2, 0.25) is 0 Å². The third kappa shape index (κ3) is 3.10. The van der Waals surface area contributed by atoms with E-state index in [-0.39, 0.29) is 11.9 Å². The lowest BCUT2D eigenvalue weighted by Gasteiger charge is -2.47. The molecule has 5 heteroatoms. The Morgan fingerprint density at radius 3 is 2.92 bits per heavy atom. The van der Waals surface area contributed by atoms with Crippen molar-refractivity contribution in [2.75, 3.05) is 19.7 Å². The molecule has 2 aliphatic rings. The lowest BCUT2D eigenvalue weighted by Crippen LogP contribution is -2.56. The number of hydrogen-bond acceptors (Lipinski definition) is 3. The van der Waals surface area contributed by atoms with Crippen LogP contribution in [0, 0.1) is 18.2 Å². The summed E-state index contributed by atoms with van der Waals surface area (Å²) >= 11 is 0. The average molecular weight is 329 g/mol. The van der Waals surface area contributed by atoms with Crippen LogP contribution in [0.15, 0.2) is 30.5 Å².